The lowest BCUT2D eigenvalue weighted by Crippen LogP contribution is -2.48. The van der Waals surface area contributed by atoms with E-state index in [0.29, 0.717) is 5.75 Å². The molecule has 0 atom stereocenters. The first-order valence-corrected chi connectivity index (χ1v) is 10.9. The van der Waals surface area contributed by atoms with E-state index in [4.69, 9.17) is 0 Å². The van der Waals surface area contributed by atoms with Gasteiger partial charge in [0.25, 0.3) is 0 Å². The molecule has 4 rings (SSSR count). The second-order valence-corrected chi connectivity index (χ2v) is 8.18. The van der Waals surface area contributed by atoms with Gasteiger partial charge in [0.1, 0.15) is 11.6 Å². The SMILES string of the molecule is Cc1ccc(-c2ccc(N3CCN(CCNCc4ccc(F)cc4)CC3)cc2)cc1O. The number of aryl methyl sites for hydroxylation is 1. The van der Waals surface area contributed by atoms with Crippen molar-refractivity contribution in [2.45, 2.75) is 13.5 Å². The van der Waals surface area contributed by atoms with E-state index in [1.54, 1.807) is 0 Å². The van der Waals surface area contributed by atoms with Gasteiger partial charge in [-0.1, -0.05) is 36.4 Å². The number of phenols is 1. The lowest BCUT2D eigenvalue weighted by atomic mass is 10.0. The average molecular weight is 420 g/mol. The van der Waals surface area contributed by atoms with Crippen LogP contribution < -0.4 is 10.2 Å². The summed E-state index contributed by atoms with van der Waals surface area (Å²) in [6, 6.07) is 21.1. The Labute approximate surface area is 183 Å². The Hall–Kier alpha value is -2.89. The number of hydrogen-bond acceptors (Lipinski definition) is 4. The largest absolute Gasteiger partial charge is 0.508 e. The molecule has 0 radical (unpaired) electrons. The fraction of sp³-hybridized carbons (Fsp3) is 0.308. The maximum atomic E-state index is 13.0. The van der Waals surface area contributed by atoms with Crippen molar-refractivity contribution in [2.24, 2.45) is 0 Å². The first-order chi connectivity index (χ1) is 15.1. The summed E-state index contributed by atoms with van der Waals surface area (Å²) in [5.41, 5.74) is 5.39. The average Bonchev–Trinajstić information content (AvgIpc) is 2.80. The van der Waals surface area contributed by atoms with E-state index in [1.165, 1.54) is 17.8 Å². The number of rotatable bonds is 7. The highest BCUT2D eigenvalue weighted by atomic mass is 19.1. The molecule has 0 amide bonds. The van der Waals surface area contributed by atoms with E-state index in [2.05, 4.69) is 39.4 Å². The lowest BCUT2D eigenvalue weighted by Gasteiger charge is -2.36. The van der Waals surface area contributed by atoms with Crippen LogP contribution in [0.4, 0.5) is 10.1 Å². The van der Waals surface area contributed by atoms with Gasteiger partial charge < -0.3 is 15.3 Å². The van der Waals surface area contributed by atoms with Crippen LogP contribution in [0.15, 0.2) is 66.7 Å². The molecule has 0 unspecified atom stereocenters. The van der Waals surface area contributed by atoms with E-state index in [1.807, 2.05) is 37.3 Å². The summed E-state index contributed by atoms with van der Waals surface area (Å²) in [6.07, 6.45) is 0. The molecule has 0 aromatic heterocycles. The van der Waals surface area contributed by atoms with Crippen molar-refractivity contribution in [3.05, 3.63) is 83.7 Å². The molecule has 0 saturated carbocycles. The van der Waals surface area contributed by atoms with Crippen LogP contribution in [0.1, 0.15) is 11.1 Å². The van der Waals surface area contributed by atoms with Gasteiger partial charge in [0.05, 0.1) is 0 Å². The normalized spacial score (nSPS) is 14.7. The van der Waals surface area contributed by atoms with Crippen LogP contribution >= 0.6 is 0 Å². The van der Waals surface area contributed by atoms with Gasteiger partial charge in [-0.15, -0.1) is 0 Å². The van der Waals surface area contributed by atoms with Gasteiger partial charge in [-0.25, -0.2) is 4.39 Å². The molecule has 1 saturated heterocycles. The predicted octanol–water partition coefficient (Wildman–Crippen LogP) is 4.42. The van der Waals surface area contributed by atoms with E-state index >= 15 is 0 Å². The number of piperazine rings is 1. The Morgan fingerprint density at radius 3 is 2.23 bits per heavy atom. The minimum Gasteiger partial charge on any atom is -0.508 e. The van der Waals surface area contributed by atoms with E-state index in [0.717, 1.165) is 68.1 Å². The fourth-order valence-corrected chi connectivity index (χ4v) is 3.96. The van der Waals surface area contributed by atoms with Gasteiger partial charge in [-0.2, -0.15) is 0 Å². The van der Waals surface area contributed by atoms with E-state index in [-0.39, 0.29) is 5.82 Å². The van der Waals surface area contributed by atoms with Crippen molar-refractivity contribution in [1.82, 2.24) is 10.2 Å². The quantitative estimate of drug-likeness (QED) is 0.556. The zero-order valence-corrected chi connectivity index (χ0v) is 18.0. The summed E-state index contributed by atoms with van der Waals surface area (Å²) in [5.74, 6) is 0.149. The number of halogens is 1. The third-order valence-corrected chi connectivity index (χ3v) is 5.99. The third-order valence-electron chi connectivity index (χ3n) is 5.99. The Kier molecular flexibility index (Phi) is 6.85. The molecule has 162 valence electrons. The molecule has 1 fully saturated rings. The Morgan fingerprint density at radius 1 is 0.871 bits per heavy atom. The van der Waals surface area contributed by atoms with E-state index in [9.17, 15) is 9.50 Å². The first kappa shape index (κ1) is 21.3. The maximum absolute atomic E-state index is 13.0. The zero-order valence-electron chi connectivity index (χ0n) is 18.0. The molecule has 1 heterocycles. The lowest BCUT2D eigenvalue weighted by molar-refractivity contribution is 0.257. The molecule has 31 heavy (non-hydrogen) atoms. The molecule has 1 aliphatic rings. The molecule has 3 aromatic carbocycles. The van der Waals surface area contributed by atoms with Crippen LogP contribution in [0.3, 0.4) is 0 Å². The van der Waals surface area contributed by atoms with Gasteiger partial charge in [-0.05, 0) is 59.5 Å². The van der Waals surface area contributed by atoms with Crippen LogP contribution in [0.2, 0.25) is 0 Å². The monoisotopic (exact) mass is 419 g/mol. The van der Waals surface area contributed by atoms with Crippen LogP contribution in [0, 0.1) is 12.7 Å². The predicted molar refractivity (Wildman–Crippen MR) is 125 cm³/mol. The molecular weight excluding hydrogens is 389 g/mol. The minimum absolute atomic E-state index is 0.189. The summed E-state index contributed by atoms with van der Waals surface area (Å²) >= 11 is 0. The summed E-state index contributed by atoms with van der Waals surface area (Å²) in [4.78, 5) is 4.91. The molecule has 1 aliphatic heterocycles. The summed E-state index contributed by atoms with van der Waals surface area (Å²) in [5, 5.41) is 13.4. The van der Waals surface area contributed by atoms with Gasteiger partial charge in [0.15, 0.2) is 0 Å². The standard InChI is InChI=1S/C26H30FN3O/c1-20-2-5-23(18-26(20)31)22-6-10-25(11-7-22)30-16-14-29(15-17-30)13-12-28-19-21-3-8-24(27)9-4-21/h2-11,18,28,31H,12-17,19H2,1H3. The number of anilines is 1. The third kappa shape index (κ3) is 5.63. The van der Waals surface area contributed by atoms with Crippen LogP contribution in [-0.4, -0.2) is 49.3 Å². The molecular formula is C26H30FN3O. The minimum atomic E-state index is -0.189. The zero-order chi connectivity index (χ0) is 21.6. The van der Waals surface area contributed by atoms with Crippen molar-refractivity contribution in [3.8, 4) is 16.9 Å². The highest BCUT2D eigenvalue weighted by Gasteiger charge is 2.16. The van der Waals surface area contributed by atoms with Crippen molar-refractivity contribution < 1.29 is 9.50 Å². The second-order valence-electron chi connectivity index (χ2n) is 8.18. The topological polar surface area (TPSA) is 38.7 Å². The van der Waals surface area contributed by atoms with Crippen molar-refractivity contribution in [2.75, 3.05) is 44.2 Å². The first-order valence-electron chi connectivity index (χ1n) is 10.9. The Morgan fingerprint density at radius 2 is 1.55 bits per heavy atom. The molecule has 2 N–H and O–H groups in total. The number of hydrogen-bond donors (Lipinski definition) is 2. The molecule has 0 aliphatic carbocycles. The maximum Gasteiger partial charge on any atom is 0.123 e. The van der Waals surface area contributed by atoms with Crippen LogP contribution in [0.5, 0.6) is 5.75 Å². The number of aromatic hydroxyl groups is 1. The van der Waals surface area contributed by atoms with E-state index < -0.39 is 0 Å². The second kappa shape index (κ2) is 9.94. The highest BCUT2D eigenvalue weighted by molar-refractivity contribution is 5.68. The summed E-state index contributed by atoms with van der Waals surface area (Å²) in [6.45, 7) is 8.75. The van der Waals surface area contributed by atoms with Gasteiger partial charge in [0.2, 0.25) is 0 Å². The van der Waals surface area contributed by atoms with Crippen LogP contribution in [-0.2, 0) is 6.54 Å². The molecule has 4 nitrogen and oxygen atoms in total. The van der Waals surface area contributed by atoms with Crippen molar-refractivity contribution in [1.29, 1.82) is 0 Å². The number of benzene rings is 3. The molecule has 0 spiro atoms. The molecule has 5 heteroatoms. The van der Waals surface area contributed by atoms with Crippen molar-refractivity contribution >= 4 is 5.69 Å². The van der Waals surface area contributed by atoms with Crippen molar-refractivity contribution in [3.63, 3.8) is 0 Å². The Bertz CT molecular complexity index is 981. The Balaban J connectivity index is 1.22. The summed E-state index contributed by atoms with van der Waals surface area (Å²) < 4.78 is 13.0. The van der Waals surface area contributed by atoms with Crippen LogP contribution in [0.25, 0.3) is 11.1 Å². The summed E-state index contributed by atoms with van der Waals surface area (Å²) in [7, 11) is 0. The number of phenolic OH excluding ortho intramolecular Hbond substituents is 1. The number of nitrogens with one attached hydrogen (secondary N) is 1. The van der Waals surface area contributed by atoms with Gasteiger partial charge in [-0.3, -0.25) is 4.90 Å². The number of nitrogens with zero attached hydrogens (tertiary/aromatic N) is 2. The van der Waals surface area contributed by atoms with Gasteiger partial charge >= 0.3 is 0 Å². The highest BCUT2D eigenvalue weighted by Crippen LogP contribution is 2.28. The smallest absolute Gasteiger partial charge is 0.123 e. The molecule has 0 bridgehead atoms. The fourth-order valence-electron chi connectivity index (χ4n) is 3.96. The molecule has 3 aromatic rings. The van der Waals surface area contributed by atoms with Gasteiger partial charge in [0, 0.05) is 51.5 Å².